The van der Waals surface area contributed by atoms with E-state index in [0.717, 1.165) is 4.47 Å². The predicted molar refractivity (Wildman–Crippen MR) is 137 cm³/mol. The monoisotopic (exact) mass is 593 g/mol. The number of benzene rings is 1. The Labute approximate surface area is 240 Å². The molecule has 1 aromatic carbocycles. The van der Waals surface area contributed by atoms with Crippen LogP contribution in [0.1, 0.15) is 13.8 Å². The van der Waals surface area contributed by atoms with Gasteiger partial charge in [0, 0.05) is 28.4 Å². The summed E-state index contributed by atoms with van der Waals surface area (Å²) in [6.45, 7) is 4.61. The van der Waals surface area contributed by atoms with Gasteiger partial charge in [0.1, 0.15) is 0 Å². The SMILES string of the molecule is C[C@H]1[C]2[CH][CH][CH][C]2[C]2[CH][CH][CH][C]2[C@H](C)N1c1ccccc1Br.[CH]1[CH][CH][CH][CH]1.[CH]1[CH][CH][CH][CH]1.[Fe+2].[Fe+2]. The van der Waals surface area contributed by atoms with Crippen molar-refractivity contribution in [2.75, 3.05) is 4.90 Å². The Morgan fingerprint density at radius 2 is 0.941 bits per heavy atom. The zero-order valence-electron chi connectivity index (χ0n) is 19.2. The summed E-state index contributed by atoms with van der Waals surface area (Å²) < 4.78 is 1.15. The number of para-hydroxylation sites is 1. The minimum atomic E-state index is 0. The van der Waals surface area contributed by atoms with Crippen LogP contribution < -0.4 is 4.90 Å². The Hall–Kier alpha value is 0.539. The molecule has 2 atom stereocenters. The fourth-order valence-electron chi connectivity index (χ4n) is 4.44. The molecule has 1 aliphatic heterocycles. The molecule has 0 aromatic heterocycles. The topological polar surface area (TPSA) is 3.24 Å². The standard InChI is InChI=1S/C20H18BrN.2C5H5.2Fe/c1-13-15-7-5-9-17(15)18-10-6-8-16(18)14(2)22(13)20-12-4-3-11-19(20)21;2*1-2-4-5-3-1;;/h3-14H,1-2H3;2*1-5H;;/q;;;2*+2/t13-,14-;;;;/m0..../s1. The van der Waals surface area contributed by atoms with Crippen molar-refractivity contribution < 1.29 is 34.1 Å². The Morgan fingerprint density at radius 1 is 0.559 bits per heavy atom. The molecule has 0 spiro atoms. The molecule has 1 aromatic rings. The van der Waals surface area contributed by atoms with E-state index in [1.807, 2.05) is 64.2 Å². The zero-order valence-corrected chi connectivity index (χ0v) is 23.0. The average Bonchev–Trinajstić information content (AvgIpc) is 3.62. The van der Waals surface area contributed by atoms with Gasteiger partial charge >= 0.3 is 34.1 Å². The van der Waals surface area contributed by atoms with Gasteiger partial charge in [0.05, 0.1) is 5.69 Å². The van der Waals surface area contributed by atoms with Crippen LogP contribution in [0.15, 0.2) is 28.7 Å². The van der Waals surface area contributed by atoms with Gasteiger partial charge < -0.3 is 4.90 Å². The van der Waals surface area contributed by atoms with E-state index in [9.17, 15) is 0 Å². The second-order valence-electron chi connectivity index (χ2n) is 7.92. The van der Waals surface area contributed by atoms with Gasteiger partial charge in [-0.1, -0.05) is 12.1 Å². The molecule has 5 fully saturated rings. The Morgan fingerprint density at radius 3 is 1.32 bits per heavy atom. The number of hydrogen-bond acceptors (Lipinski definition) is 1. The van der Waals surface area contributed by atoms with Crippen LogP contribution >= 0.6 is 15.9 Å². The Balaban J connectivity index is 0.000000283. The number of nitrogens with zero attached hydrogens (tertiary/aromatic N) is 1. The van der Waals surface area contributed by atoms with E-state index in [-0.39, 0.29) is 34.1 Å². The molecular formula is C30H28BrFe2N+4. The minimum absolute atomic E-state index is 0. The predicted octanol–water partition coefficient (Wildman–Crippen LogP) is 6.63. The zero-order chi connectivity index (χ0) is 22.3. The summed E-state index contributed by atoms with van der Waals surface area (Å²) in [4.78, 5) is 2.52. The molecule has 1 saturated heterocycles. The Bertz CT molecular complexity index is 639. The molecule has 34 heavy (non-hydrogen) atoms. The van der Waals surface area contributed by atoms with E-state index < -0.39 is 0 Å². The summed E-state index contributed by atoms with van der Waals surface area (Å²) in [6.07, 6.45) is 33.4. The molecule has 4 heteroatoms. The van der Waals surface area contributed by atoms with Crippen LogP contribution in [0.25, 0.3) is 0 Å². The summed E-state index contributed by atoms with van der Waals surface area (Å²) in [6, 6.07) is 9.19. The van der Waals surface area contributed by atoms with Crippen molar-refractivity contribution in [3.05, 3.63) is 155 Å². The molecule has 172 valence electrons. The molecule has 1 nitrogen and oxygen atoms in total. The summed E-state index contributed by atoms with van der Waals surface area (Å²) in [5.74, 6) is 5.59. The second-order valence-corrected chi connectivity index (χ2v) is 8.78. The van der Waals surface area contributed by atoms with Gasteiger partial charge in [0.2, 0.25) is 0 Å². The number of rotatable bonds is 1. The molecule has 1 heterocycles. The van der Waals surface area contributed by atoms with Crippen LogP contribution in [-0.4, -0.2) is 12.1 Å². The van der Waals surface area contributed by atoms with Gasteiger partial charge in [-0.05, 0) is 156 Å². The van der Waals surface area contributed by atoms with Crippen LogP contribution in [0.5, 0.6) is 0 Å². The van der Waals surface area contributed by atoms with Crippen molar-refractivity contribution in [3.8, 4) is 0 Å². The molecular weight excluding hydrogens is 566 g/mol. The summed E-state index contributed by atoms with van der Waals surface area (Å²) in [5.41, 5.74) is 1.25. The third-order valence-corrected chi connectivity index (χ3v) is 6.64. The van der Waals surface area contributed by atoms with E-state index in [4.69, 9.17) is 0 Å². The molecule has 5 aliphatic rings. The van der Waals surface area contributed by atoms with Crippen LogP contribution in [0.2, 0.25) is 0 Å². The van der Waals surface area contributed by atoms with Crippen molar-refractivity contribution in [1.82, 2.24) is 0 Å². The third-order valence-electron chi connectivity index (χ3n) is 5.97. The first-order valence-corrected chi connectivity index (χ1v) is 11.9. The van der Waals surface area contributed by atoms with Crippen molar-refractivity contribution in [1.29, 1.82) is 0 Å². The summed E-state index contributed by atoms with van der Waals surface area (Å²) in [7, 11) is 0. The van der Waals surface area contributed by atoms with Gasteiger partial charge in [-0.3, -0.25) is 0 Å². The third kappa shape index (κ3) is 7.54. The molecule has 6 rings (SSSR count). The van der Waals surface area contributed by atoms with Gasteiger partial charge in [-0.15, -0.1) is 0 Å². The van der Waals surface area contributed by atoms with Crippen molar-refractivity contribution in [2.24, 2.45) is 0 Å². The largest absolute Gasteiger partial charge is 2.00 e. The molecule has 0 bridgehead atoms. The van der Waals surface area contributed by atoms with Crippen molar-refractivity contribution in [2.45, 2.75) is 25.9 Å². The van der Waals surface area contributed by atoms with E-state index in [1.54, 1.807) is 0 Å². The number of halogens is 1. The van der Waals surface area contributed by atoms with Crippen LogP contribution in [0.4, 0.5) is 5.69 Å². The van der Waals surface area contributed by atoms with Crippen molar-refractivity contribution in [3.63, 3.8) is 0 Å². The smallest absolute Gasteiger partial charge is 0.364 e. The quantitative estimate of drug-likeness (QED) is 0.330. The first-order valence-electron chi connectivity index (χ1n) is 11.1. The van der Waals surface area contributed by atoms with Gasteiger partial charge in [-0.2, -0.15) is 0 Å². The van der Waals surface area contributed by atoms with Gasteiger partial charge in [0.25, 0.3) is 0 Å². The van der Waals surface area contributed by atoms with Gasteiger partial charge in [-0.25, -0.2) is 0 Å². The van der Waals surface area contributed by atoms with Crippen LogP contribution in [0, 0.1) is 126 Å². The molecule has 0 N–H and O–H groups in total. The summed E-state index contributed by atoms with van der Waals surface area (Å²) >= 11 is 3.73. The maximum absolute atomic E-state index is 3.73. The first-order chi connectivity index (χ1) is 15.7. The van der Waals surface area contributed by atoms with Crippen molar-refractivity contribution >= 4 is 21.6 Å². The maximum Gasteiger partial charge on any atom is 2.00 e. The number of anilines is 1. The molecule has 0 unspecified atom stereocenters. The molecule has 0 amide bonds. The number of hydrogen-bond donors (Lipinski definition) is 0. The molecule has 20 radical (unpaired) electrons. The molecule has 4 saturated carbocycles. The summed E-state index contributed by atoms with van der Waals surface area (Å²) in [5, 5.41) is 0. The van der Waals surface area contributed by atoms with Gasteiger partial charge in [0.15, 0.2) is 0 Å². The van der Waals surface area contributed by atoms with E-state index in [1.165, 1.54) is 29.4 Å². The van der Waals surface area contributed by atoms with E-state index in [2.05, 4.69) is 97.5 Å². The fourth-order valence-corrected chi connectivity index (χ4v) is 4.93. The van der Waals surface area contributed by atoms with E-state index in [0.29, 0.717) is 12.1 Å². The molecule has 4 aliphatic carbocycles. The normalized spacial score (nSPS) is 27.3. The second kappa shape index (κ2) is 15.7. The average molecular weight is 594 g/mol. The number of fused-ring (bicyclic) bond motifs is 3. The fraction of sp³-hybridized carbons (Fsp3) is 0.133. The Kier molecular flexibility index (Phi) is 14.2. The minimum Gasteiger partial charge on any atom is -0.364 e. The van der Waals surface area contributed by atoms with Crippen LogP contribution in [-0.2, 0) is 34.1 Å². The maximum atomic E-state index is 3.73. The van der Waals surface area contributed by atoms with E-state index >= 15 is 0 Å². The van der Waals surface area contributed by atoms with Crippen LogP contribution in [0.3, 0.4) is 0 Å². The first kappa shape index (κ1) is 30.8.